The SMILES string of the molecule is CC1(C)C2CCC(C2)C12CC(C(=O)/C=C/c1ccccc1)=NO2. The minimum Gasteiger partial charge on any atom is -0.388 e. The molecule has 2 fully saturated rings. The van der Waals surface area contributed by atoms with Crippen molar-refractivity contribution < 1.29 is 9.63 Å². The highest BCUT2D eigenvalue weighted by molar-refractivity contribution is 6.45. The Labute approximate surface area is 137 Å². The van der Waals surface area contributed by atoms with Gasteiger partial charge in [-0.15, -0.1) is 0 Å². The molecule has 1 aromatic carbocycles. The summed E-state index contributed by atoms with van der Waals surface area (Å²) in [5.74, 6) is 1.23. The van der Waals surface area contributed by atoms with E-state index in [9.17, 15) is 4.79 Å². The van der Waals surface area contributed by atoms with Gasteiger partial charge in [0, 0.05) is 17.8 Å². The Hall–Kier alpha value is -1.90. The third kappa shape index (κ3) is 2.09. The number of hydrogen-bond donors (Lipinski definition) is 0. The molecule has 1 aromatic rings. The molecular formula is C20H23NO2. The summed E-state index contributed by atoms with van der Waals surface area (Å²) >= 11 is 0. The van der Waals surface area contributed by atoms with Gasteiger partial charge in [0.2, 0.25) is 5.78 Å². The van der Waals surface area contributed by atoms with Crippen molar-refractivity contribution >= 4 is 17.6 Å². The van der Waals surface area contributed by atoms with Crippen molar-refractivity contribution in [3.05, 3.63) is 42.0 Å². The molecule has 0 N–H and O–H groups in total. The highest BCUT2D eigenvalue weighted by atomic mass is 16.7. The second-order valence-electron chi connectivity index (χ2n) is 7.73. The second kappa shape index (κ2) is 5.05. The zero-order chi connectivity index (χ0) is 16.1. The highest BCUT2D eigenvalue weighted by Gasteiger charge is 2.67. The molecule has 3 nitrogen and oxygen atoms in total. The van der Waals surface area contributed by atoms with Gasteiger partial charge in [-0.05, 0) is 36.8 Å². The number of carbonyl (C=O) groups excluding carboxylic acids is 1. The van der Waals surface area contributed by atoms with Crippen LogP contribution in [0.1, 0.15) is 45.1 Å². The molecule has 23 heavy (non-hydrogen) atoms. The molecule has 2 bridgehead atoms. The third-order valence-electron chi connectivity index (χ3n) is 6.46. The van der Waals surface area contributed by atoms with Gasteiger partial charge in [0.25, 0.3) is 0 Å². The normalized spacial score (nSPS) is 34.1. The number of nitrogens with zero attached hydrogens (tertiary/aromatic N) is 1. The first-order chi connectivity index (χ1) is 11.0. The van der Waals surface area contributed by atoms with E-state index in [0.717, 1.165) is 5.56 Å². The predicted octanol–water partition coefficient (Wildman–Crippen LogP) is 4.24. The van der Waals surface area contributed by atoms with Crippen LogP contribution in [-0.2, 0) is 9.63 Å². The minimum atomic E-state index is -0.249. The number of ketones is 1. The van der Waals surface area contributed by atoms with Crippen molar-refractivity contribution in [2.75, 3.05) is 0 Å². The number of oxime groups is 1. The van der Waals surface area contributed by atoms with Gasteiger partial charge in [-0.1, -0.05) is 55.4 Å². The first-order valence-corrected chi connectivity index (χ1v) is 8.55. The topological polar surface area (TPSA) is 38.7 Å². The lowest BCUT2D eigenvalue weighted by Gasteiger charge is -2.44. The molecule has 3 heteroatoms. The van der Waals surface area contributed by atoms with Crippen LogP contribution >= 0.6 is 0 Å². The largest absolute Gasteiger partial charge is 0.388 e. The molecule has 4 rings (SSSR count). The first-order valence-electron chi connectivity index (χ1n) is 8.55. The van der Waals surface area contributed by atoms with Gasteiger partial charge in [0.1, 0.15) is 5.71 Å². The van der Waals surface area contributed by atoms with E-state index in [-0.39, 0.29) is 16.8 Å². The van der Waals surface area contributed by atoms with Crippen molar-refractivity contribution in [1.29, 1.82) is 0 Å². The Bertz CT molecular complexity index is 689. The summed E-state index contributed by atoms with van der Waals surface area (Å²) in [6, 6.07) is 9.86. The lowest BCUT2D eigenvalue weighted by atomic mass is 9.63. The Balaban J connectivity index is 1.50. The van der Waals surface area contributed by atoms with E-state index in [2.05, 4.69) is 19.0 Å². The smallest absolute Gasteiger partial charge is 0.203 e. The van der Waals surface area contributed by atoms with Gasteiger partial charge in [0.15, 0.2) is 5.60 Å². The van der Waals surface area contributed by atoms with E-state index < -0.39 is 0 Å². The maximum absolute atomic E-state index is 12.5. The van der Waals surface area contributed by atoms with Crippen LogP contribution in [0, 0.1) is 17.3 Å². The van der Waals surface area contributed by atoms with Crippen LogP contribution in [0.4, 0.5) is 0 Å². The molecule has 1 heterocycles. The number of fused-ring (bicyclic) bond motifs is 3. The quantitative estimate of drug-likeness (QED) is 0.783. The molecule has 0 saturated heterocycles. The number of carbonyl (C=O) groups is 1. The molecule has 3 unspecified atom stereocenters. The highest BCUT2D eigenvalue weighted by Crippen LogP contribution is 2.65. The number of allylic oxidation sites excluding steroid dienone is 1. The molecule has 1 aliphatic heterocycles. The Morgan fingerprint density at radius 2 is 1.96 bits per heavy atom. The average molecular weight is 309 g/mol. The van der Waals surface area contributed by atoms with Crippen molar-refractivity contribution in [2.45, 2.75) is 45.1 Å². The van der Waals surface area contributed by atoms with E-state index in [0.29, 0.717) is 24.0 Å². The summed E-state index contributed by atoms with van der Waals surface area (Å²) in [5, 5.41) is 4.21. The zero-order valence-electron chi connectivity index (χ0n) is 13.8. The van der Waals surface area contributed by atoms with E-state index in [1.165, 1.54) is 19.3 Å². The van der Waals surface area contributed by atoms with E-state index >= 15 is 0 Å². The third-order valence-corrected chi connectivity index (χ3v) is 6.46. The lowest BCUT2D eigenvalue weighted by molar-refractivity contribution is -0.135. The van der Waals surface area contributed by atoms with Crippen molar-refractivity contribution in [3.63, 3.8) is 0 Å². The summed E-state index contributed by atoms with van der Waals surface area (Å²) in [7, 11) is 0. The predicted molar refractivity (Wildman–Crippen MR) is 91.0 cm³/mol. The molecule has 3 atom stereocenters. The fourth-order valence-electron chi connectivity index (χ4n) is 4.91. The summed E-state index contributed by atoms with van der Waals surface area (Å²) < 4.78 is 0. The van der Waals surface area contributed by atoms with Crippen LogP contribution in [0.25, 0.3) is 6.08 Å². The molecule has 3 aliphatic rings. The van der Waals surface area contributed by atoms with Crippen LogP contribution in [-0.4, -0.2) is 17.1 Å². The Kier molecular flexibility index (Phi) is 3.22. The van der Waals surface area contributed by atoms with Crippen LogP contribution in [0.2, 0.25) is 0 Å². The maximum atomic E-state index is 12.5. The van der Waals surface area contributed by atoms with Gasteiger partial charge in [0.05, 0.1) is 0 Å². The van der Waals surface area contributed by atoms with Crippen molar-refractivity contribution in [1.82, 2.24) is 0 Å². The van der Waals surface area contributed by atoms with Gasteiger partial charge < -0.3 is 4.84 Å². The van der Waals surface area contributed by atoms with Gasteiger partial charge in [-0.25, -0.2) is 0 Å². The maximum Gasteiger partial charge on any atom is 0.203 e. The van der Waals surface area contributed by atoms with E-state index in [1.807, 2.05) is 36.4 Å². The lowest BCUT2D eigenvalue weighted by Crippen LogP contribution is -2.49. The molecule has 0 aromatic heterocycles. The second-order valence-corrected chi connectivity index (χ2v) is 7.73. The van der Waals surface area contributed by atoms with Crippen LogP contribution in [0.5, 0.6) is 0 Å². The molecule has 2 aliphatic carbocycles. The number of hydrogen-bond acceptors (Lipinski definition) is 3. The zero-order valence-corrected chi connectivity index (χ0v) is 13.8. The monoisotopic (exact) mass is 309 g/mol. The standard InChI is InChI=1S/C20H23NO2/c1-19(2)15-9-10-16(12-15)20(19)13-17(21-23-20)18(22)11-8-14-6-4-3-5-7-14/h3-8,11,15-16H,9-10,12-13H2,1-2H3/b11-8+. The van der Waals surface area contributed by atoms with Gasteiger partial charge in [-0.3, -0.25) is 4.79 Å². The van der Waals surface area contributed by atoms with Gasteiger partial charge in [-0.2, -0.15) is 0 Å². The van der Waals surface area contributed by atoms with Gasteiger partial charge >= 0.3 is 0 Å². The van der Waals surface area contributed by atoms with Crippen molar-refractivity contribution in [2.24, 2.45) is 22.4 Å². The van der Waals surface area contributed by atoms with Crippen molar-refractivity contribution in [3.8, 4) is 0 Å². The summed E-state index contributed by atoms with van der Waals surface area (Å²) in [5.41, 5.74) is 1.46. The van der Waals surface area contributed by atoms with Crippen LogP contribution < -0.4 is 0 Å². The first kappa shape index (κ1) is 14.7. The summed E-state index contributed by atoms with van der Waals surface area (Å²) in [6.45, 7) is 4.58. The minimum absolute atomic E-state index is 0.0238. The van der Waals surface area contributed by atoms with E-state index in [4.69, 9.17) is 4.84 Å². The fourth-order valence-corrected chi connectivity index (χ4v) is 4.91. The Morgan fingerprint density at radius 3 is 2.65 bits per heavy atom. The summed E-state index contributed by atoms with van der Waals surface area (Å²) in [6.07, 6.45) is 7.87. The molecule has 2 saturated carbocycles. The Morgan fingerprint density at radius 1 is 1.22 bits per heavy atom. The molecule has 1 spiro atoms. The molecule has 0 amide bonds. The number of benzene rings is 1. The molecule has 120 valence electrons. The van der Waals surface area contributed by atoms with Crippen LogP contribution in [0.15, 0.2) is 41.6 Å². The fraction of sp³-hybridized carbons (Fsp3) is 0.500. The summed E-state index contributed by atoms with van der Waals surface area (Å²) in [4.78, 5) is 18.4. The molecular weight excluding hydrogens is 286 g/mol. The van der Waals surface area contributed by atoms with Crippen LogP contribution in [0.3, 0.4) is 0 Å². The van der Waals surface area contributed by atoms with E-state index in [1.54, 1.807) is 6.08 Å². The average Bonchev–Trinajstić information content (AvgIpc) is 3.24. The molecule has 0 radical (unpaired) electrons. The number of rotatable bonds is 3.